The van der Waals surface area contributed by atoms with Crippen LogP contribution in [0.5, 0.6) is 11.5 Å². The normalized spacial score (nSPS) is 17.8. The maximum Gasteiger partial charge on any atom is 0.119 e. The van der Waals surface area contributed by atoms with Crippen LogP contribution in [0.4, 0.5) is 0 Å². The van der Waals surface area contributed by atoms with Crippen molar-refractivity contribution in [2.75, 3.05) is 0 Å². The molecule has 13 heavy (non-hydrogen) atoms. The zero-order chi connectivity index (χ0) is 9.26. The molecular formula is C11H14O2. The highest BCUT2D eigenvalue weighted by Crippen LogP contribution is 2.39. The van der Waals surface area contributed by atoms with E-state index in [-0.39, 0.29) is 5.75 Å². The minimum absolute atomic E-state index is 0.250. The molecule has 2 heteroatoms. The van der Waals surface area contributed by atoms with Crippen LogP contribution in [0.2, 0.25) is 0 Å². The first kappa shape index (κ1) is 8.42. The van der Waals surface area contributed by atoms with Gasteiger partial charge in [-0.15, -0.1) is 0 Å². The molecule has 1 saturated carbocycles. The smallest absolute Gasteiger partial charge is 0.119 e. The van der Waals surface area contributed by atoms with Crippen LogP contribution < -0.4 is 0 Å². The average Bonchev–Trinajstić information content (AvgIpc) is 2.61. The lowest BCUT2D eigenvalue weighted by atomic mass is 9.96. The quantitative estimate of drug-likeness (QED) is 0.649. The number of phenols is 2. The van der Waals surface area contributed by atoms with Gasteiger partial charge in [-0.3, -0.25) is 0 Å². The Kier molecular flexibility index (Phi) is 2.13. The lowest BCUT2D eigenvalue weighted by Crippen LogP contribution is -1.92. The zero-order valence-corrected chi connectivity index (χ0v) is 7.53. The molecule has 70 valence electrons. The molecule has 0 aliphatic heterocycles. The summed E-state index contributed by atoms with van der Waals surface area (Å²) in [4.78, 5) is 0. The molecule has 0 amide bonds. The van der Waals surface area contributed by atoms with E-state index in [0.29, 0.717) is 11.7 Å². The number of hydrogen-bond donors (Lipinski definition) is 2. The van der Waals surface area contributed by atoms with Crippen LogP contribution in [-0.4, -0.2) is 10.2 Å². The highest BCUT2D eigenvalue weighted by molar-refractivity contribution is 5.41. The zero-order valence-electron chi connectivity index (χ0n) is 7.53. The van der Waals surface area contributed by atoms with Gasteiger partial charge in [-0.2, -0.15) is 0 Å². The van der Waals surface area contributed by atoms with E-state index in [0.717, 1.165) is 18.4 Å². The molecule has 0 unspecified atom stereocenters. The molecule has 1 aromatic rings. The Morgan fingerprint density at radius 2 is 1.77 bits per heavy atom. The van der Waals surface area contributed by atoms with Crippen molar-refractivity contribution < 1.29 is 10.2 Å². The van der Waals surface area contributed by atoms with Crippen LogP contribution in [0.25, 0.3) is 0 Å². The standard InChI is InChI=1S/C11H14O2/c12-9-5-6-11(13)10(7-9)8-3-1-2-4-8/h5-8,12-13H,1-4H2. The minimum atomic E-state index is 0.250. The number of rotatable bonds is 1. The predicted molar refractivity (Wildman–Crippen MR) is 51.0 cm³/mol. The van der Waals surface area contributed by atoms with Crippen molar-refractivity contribution in [3.05, 3.63) is 23.8 Å². The van der Waals surface area contributed by atoms with Crippen molar-refractivity contribution in [2.45, 2.75) is 31.6 Å². The molecule has 0 atom stereocenters. The molecule has 1 aliphatic carbocycles. The molecule has 0 aromatic heterocycles. The highest BCUT2D eigenvalue weighted by Gasteiger charge is 2.19. The third kappa shape index (κ3) is 1.62. The van der Waals surface area contributed by atoms with E-state index < -0.39 is 0 Å². The fourth-order valence-electron chi connectivity index (χ4n) is 2.11. The molecular weight excluding hydrogens is 164 g/mol. The first-order valence-corrected chi connectivity index (χ1v) is 4.79. The molecule has 0 spiro atoms. The summed E-state index contributed by atoms with van der Waals surface area (Å²) in [6, 6.07) is 4.78. The van der Waals surface area contributed by atoms with Gasteiger partial charge in [0.2, 0.25) is 0 Å². The van der Waals surface area contributed by atoms with Gasteiger partial charge in [-0.1, -0.05) is 12.8 Å². The van der Waals surface area contributed by atoms with Crippen LogP contribution in [-0.2, 0) is 0 Å². The largest absolute Gasteiger partial charge is 0.508 e. The summed E-state index contributed by atoms with van der Waals surface area (Å²) in [6.07, 6.45) is 4.74. The monoisotopic (exact) mass is 178 g/mol. The van der Waals surface area contributed by atoms with Crippen LogP contribution >= 0.6 is 0 Å². The highest BCUT2D eigenvalue weighted by atomic mass is 16.3. The Morgan fingerprint density at radius 1 is 1.08 bits per heavy atom. The molecule has 2 nitrogen and oxygen atoms in total. The predicted octanol–water partition coefficient (Wildman–Crippen LogP) is 2.76. The van der Waals surface area contributed by atoms with Gasteiger partial charge >= 0.3 is 0 Å². The molecule has 1 fully saturated rings. The molecule has 1 aliphatic rings. The number of hydrogen-bond acceptors (Lipinski definition) is 2. The SMILES string of the molecule is Oc1ccc(O)c(C2CCCC2)c1. The van der Waals surface area contributed by atoms with E-state index in [1.54, 1.807) is 12.1 Å². The van der Waals surface area contributed by atoms with Crippen molar-refractivity contribution >= 4 is 0 Å². The van der Waals surface area contributed by atoms with Gasteiger partial charge in [0.15, 0.2) is 0 Å². The van der Waals surface area contributed by atoms with Crippen LogP contribution in [0.3, 0.4) is 0 Å². The minimum Gasteiger partial charge on any atom is -0.508 e. The van der Waals surface area contributed by atoms with Crippen molar-refractivity contribution in [1.29, 1.82) is 0 Å². The molecule has 0 saturated heterocycles. The van der Waals surface area contributed by atoms with E-state index in [9.17, 15) is 10.2 Å². The van der Waals surface area contributed by atoms with Gasteiger partial charge < -0.3 is 10.2 Å². The third-order valence-corrected chi connectivity index (χ3v) is 2.81. The summed E-state index contributed by atoms with van der Waals surface area (Å²) in [6.45, 7) is 0. The molecule has 2 rings (SSSR count). The summed E-state index contributed by atoms with van der Waals surface area (Å²) in [7, 11) is 0. The summed E-state index contributed by atoms with van der Waals surface area (Å²) < 4.78 is 0. The van der Waals surface area contributed by atoms with Crippen LogP contribution in [0.1, 0.15) is 37.2 Å². The van der Waals surface area contributed by atoms with Crippen molar-refractivity contribution in [2.24, 2.45) is 0 Å². The van der Waals surface area contributed by atoms with Gasteiger partial charge in [-0.05, 0) is 37.0 Å². The van der Waals surface area contributed by atoms with Crippen molar-refractivity contribution in [3.8, 4) is 11.5 Å². The second kappa shape index (κ2) is 3.29. The maximum atomic E-state index is 9.58. The number of phenolic OH excluding ortho intramolecular Hbond substituents is 2. The third-order valence-electron chi connectivity index (χ3n) is 2.81. The Bertz CT molecular complexity index is 301. The molecule has 0 radical (unpaired) electrons. The molecule has 1 aromatic carbocycles. The van der Waals surface area contributed by atoms with E-state index in [1.165, 1.54) is 18.9 Å². The second-order valence-corrected chi connectivity index (χ2v) is 3.72. The van der Waals surface area contributed by atoms with E-state index in [1.807, 2.05) is 0 Å². The van der Waals surface area contributed by atoms with Crippen LogP contribution in [0, 0.1) is 0 Å². The first-order chi connectivity index (χ1) is 6.27. The van der Waals surface area contributed by atoms with Crippen molar-refractivity contribution in [3.63, 3.8) is 0 Å². The summed E-state index contributed by atoms with van der Waals surface area (Å²) in [5.74, 6) is 1.02. The van der Waals surface area contributed by atoms with Gasteiger partial charge in [0.25, 0.3) is 0 Å². The van der Waals surface area contributed by atoms with Gasteiger partial charge in [0, 0.05) is 5.56 Å². The lowest BCUT2D eigenvalue weighted by Gasteiger charge is -2.11. The molecule has 2 N–H and O–H groups in total. The second-order valence-electron chi connectivity index (χ2n) is 3.72. The Labute approximate surface area is 77.8 Å². The van der Waals surface area contributed by atoms with Gasteiger partial charge in [0.1, 0.15) is 11.5 Å². The fraction of sp³-hybridized carbons (Fsp3) is 0.455. The van der Waals surface area contributed by atoms with Crippen LogP contribution in [0.15, 0.2) is 18.2 Å². The van der Waals surface area contributed by atoms with Gasteiger partial charge in [0.05, 0.1) is 0 Å². The summed E-state index contributed by atoms with van der Waals surface area (Å²) in [5.41, 5.74) is 0.914. The van der Waals surface area contributed by atoms with Gasteiger partial charge in [-0.25, -0.2) is 0 Å². The Balaban J connectivity index is 2.32. The summed E-state index contributed by atoms with van der Waals surface area (Å²) >= 11 is 0. The Morgan fingerprint density at radius 3 is 2.46 bits per heavy atom. The molecule has 0 bridgehead atoms. The lowest BCUT2D eigenvalue weighted by molar-refractivity contribution is 0.448. The topological polar surface area (TPSA) is 40.5 Å². The molecule has 0 heterocycles. The maximum absolute atomic E-state index is 9.58. The van der Waals surface area contributed by atoms with E-state index in [2.05, 4.69) is 0 Å². The number of benzene rings is 1. The summed E-state index contributed by atoms with van der Waals surface area (Å²) in [5, 5.41) is 18.9. The van der Waals surface area contributed by atoms with E-state index in [4.69, 9.17) is 0 Å². The fourth-order valence-corrected chi connectivity index (χ4v) is 2.11. The number of aromatic hydroxyl groups is 2. The Hall–Kier alpha value is -1.18. The van der Waals surface area contributed by atoms with E-state index >= 15 is 0 Å². The average molecular weight is 178 g/mol. The van der Waals surface area contributed by atoms with Crippen molar-refractivity contribution in [1.82, 2.24) is 0 Å². The first-order valence-electron chi connectivity index (χ1n) is 4.79.